The highest BCUT2D eigenvalue weighted by molar-refractivity contribution is 8.15. The first kappa shape index (κ1) is 22.6. The molecule has 4 rings (SSSR count). The topological polar surface area (TPSA) is 101 Å². The van der Waals surface area contributed by atoms with Gasteiger partial charge in [0.15, 0.2) is 0 Å². The van der Waals surface area contributed by atoms with Crippen LogP contribution in [0.5, 0.6) is 0 Å². The number of aromatic nitrogens is 2. The van der Waals surface area contributed by atoms with Crippen molar-refractivity contribution in [3.8, 4) is 0 Å². The summed E-state index contributed by atoms with van der Waals surface area (Å²) in [7, 11) is -4.45. The molecule has 3 aromatic rings. The summed E-state index contributed by atoms with van der Waals surface area (Å²) < 4.78 is 71.6. The number of amides is 1. The van der Waals surface area contributed by atoms with Gasteiger partial charge in [-0.25, -0.2) is 0 Å². The Morgan fingerprint density at radius 1 is 1.25 bits per heavy atom. The molecule has 0 radical (unpaired) electrons. The fourth-order valence-corrected chi connectivity index (χ4v) is 5.19. The minimum Gasteiger partial charge on any atom is -0.324 e. The molecule has 1 unspecified atom stereocenters. The van der Waals surface area contributed by atoms with Crippen molar-refractivity contribution in [3.63, 3.8) is 0 Å². The summed E-state index contributed by atoms with van der Waals surface area (Å²) in [5, 5.41) is 6.91. The number of benzene rings is 2. The first-order valence-corrected chi connectivity index (χ1v) is 11.6. The average Bonchev–Trinajstić information content (AvgIpc) is 3.26. The van der Waals surface area contributed by atoms with Crippen molar-refractivity contribution in [2.24, 2.45) is 0 Å². The lowest BCUT2D eigenvalue weighted by atomic mass is 10.1. The lowest BCUT2D eigenvalue weighted by Gasteiger charge is -2.14. The van der Waals surface area contributed by atoms with Gasteiger partial charge >= 0.3 is 6.18 Å². The number of carbonyl (C=O) groups excluding carboxylic acids is 1. The van der Waals surface area contributed by atoms with Crippen molar-refractivity contribution in [3.05, 3.63) is 69.2 Å². The highest BCUT2D eigenvalue weighted by Crippen LogP contribution is 2.35. The number of thioether (sulfide) groups is 1. The largest absolute Gasteiger partial charge is 0.416 e. The molecule has 1 fully saturated rings. The third-order valence-corrected chi connectivity index (χ3v) is 7.44. The lowest BCUT2D eigenvalue weighted by Crippen LogP contribution is -2.31. The predicted molar refractivity (Wildman–Crippen MR) is 114 cm³/mol. The summed E-state index contributed by atoms with van der Waals surface area (Å²) in [6.45, 7) is -0.135. The Morgan fingerprint density at radius 2 is 2.00 bits per heavy atom. The summed E-state index contributed by atoms with van der Waals surface area (Å²) in [5.41, 5.74) is 0.281. The van der Waals surface area contributed by atoms with Crippen LogP contribution in [0.15, 0.2) is 47.5 Å². The number of nitrogens with zero attached hydrogens (tertiary/aromatic N) is 2. The first-order valence-electron chi connectivity index (χ1n) is 8.88. The second-order valence-corrected chi connectivity index (χ2v) is 10.2. The molecule has 1 aliphatic rings. The van der Waals surface area contributed by atoms with Crippen LogP contribution in [0, 0.1) is 0 Å². The van der Waals surface area contributed by atoms with Gasteiger partial charge in [0.1, 0.15) is 0 Å². The van der Waals surface area contributed by atoms with E-state index in [0.29, 0.717) is 28.2 Å². The second kappa shape index (κ2) is 8.10. The Labute approximate surface area is 189 Å². The molecule has 0 saturated carbocycles. The average molecular weight is 504 g/mol. The van der Waals surface area contributed by atoms with Crippen molar-refractivity contribution >= 4 is 56.4 Å². The van der Waals surface area contributed by atoms with Gasteiger partial charge in [-0.3, -0.25) is 14.0 Å². The fraction of sp³-hybridized carbons (Fsp3) is 0.158. The molecule has 1 aliphatic heterocycles. The minimum absolute atomic E-state index is 0.00776. The van der Waals surface area contributed by atoms with Gasteiger partial charge in [0.25, 0.3) is 16.0 Å². The number of rotatable bonds is 4. The van der Waals surface area contributed by atoms with E-state index < -0.39 is 32.5 Å². The Morgan fingerprint density at radius 3 is 2.66 bits per heavy atom. The molecule has 168 valence electrons. The van der Waals surface area contributed by atoms with Crippen LogP contribution in [-0.4, -0.2) is 33.4 Å². The third kappa shape index (κ3) is 4.63. The molecule has 13 heteroatoms. The van der Waals surface area contributed by atoms with Crippen LogP contribution in [0.2, 0.25) is 5.02 Å². The molecular formula is C19H13ClF3N3O4S2. The number of carbonyl (C=O) groups is 1. The molecule has 0 aliphatic carbocycles. The first-order chi connectivity index (χ1) is 14.9. The number of nitrogens with one attached hydrogen (secondary N) is 1. The van der Waals surface area contributed by atoms with E-state index >= 15 is 0 Å². The summed E-state index contributed by atoms with van der Waals surface area (Å²) in [4.78, 5) is 12.0. The maximum Gasteiger partial charge on any atom is 0.416 e. The maximum atomic E-state index is 13.4. The van der Waals surface area contributed by atoms with E-state index in [0.717, 1.165) is 6.07 Å². The normalized spacial score (nSPS) is 18.5. The van der Waals surface area contributed by atoms with Gasteiger partial charge in [-0.2, -0.15) is 26.7 Å². The zero-order valence-corrected chi connectivity index (χ0v) is 18.2. The fourth-order valence-electron chi connectivity index (χ4n) is 3.20. The summed E-state index contributed by atoms with van der Waals surface area (Å²) >= 11 is 6.39. The van der Waals surface area contributed by atoms with E-state index in [9.17, 15) is 26.4 Å². The number of halogens is 4. The molecule has 2 heterocycles. The van der Waals surface area contributed by atoms with E-state index in [1.165, 1.54) is 29.1 Å². The van der Waals surface area contributed by atoms with Crippen LogP contribution in [0.4, 0.5) is 13.2 Å². The van der Waals surface area contributed by atoms with Crippen molar-refractivity contribution in [2.75, 3.05) is 0 Å². The van der Waals surface area contributed by atoms with E-state index in [1.54, 1.807) is 18.2 Å². The highest BCUT2D eigenvalue weighted by atomic mass is 35.5. The predicted octanol–water partition coefficient (Wildman–Crippen LogP) is 4.13. The Hall–Kier alpha value is -2.54. The molecule has 1 amide bonds. The number of hydrogen-bond acceptors (Lipinski definition) is 5. The van der Waals surface area contributed by atoms with Gasteiger partial charge in [-0.1, -0.05) is 35.5 Å². The molecule has 2 N–H and O–H groups in total. The van der Waals surface area contributed by atoms with Crippen LogP contribution in [0.1, 0.15) is 16.7 Å². The monoisotopic (exact) mass is 503 g/mol. The number of fused-ring (bicyclic) bond motifs is 1. The van der Waals surface area contributed by atoms with Crippen LogP contribution < -0.4 is 5.32 Å². The molecule has 2 aromatic carbocycles. The quantitative estimate of drug-likeness (QED) is 0.410. The van der Waals surface area contributed by atoms with Crippen LogP contribution in [0.25, 0.3) is 17.0 Å². The van der Waals surface area contributed by atoms with Crippen molar-refractivity contribution in [2.45, 2.75) is 17.4 Å². The van der Waals surface area contributed by atoms with Gasteiger partial charge in [-0.05, 0) is 41.5 Å². The standard InChI is InChI=1S/C19H13ClF3N3O4S2/c20-13-3-2-11(14(7-13)19(21,22)23)9-26-15-4-1-10(5-12(15)8-24-26)6-16-17(27)25-18(31-16)32(28,29)30/h1-8,18H,9H2,(H,25,27)(H,28,29,30). The van der Waals surface area contributed by atoms with E-state index in [1.807, 2.05) is 0 Å². The summed E-state index contributed by atoms with van der Waals surface area (Å²) in [6, 6.07) is 8.47. The molecule has 1 atom stereocenters. The SMILES string of the molecule is O=C1NC(S(=O)(=O)O)SC1=Cc1ccc2c(cnn2Cc2ccc(Cl)cc2C(F)(F)F)c1. The molecular weight excluding hydrogens is 491 g/mol. The Kier molecular flexibility index (Phi) is 5.74. The van der Waals surface area contributed by atoms with Crippen molar-refractivity contribution in [1.82, 2.24) is 15.1 Å². The second-order valence-electron chi connectivity index (χ2n) is 6.87. The van der Waals surface area contributed by atoms with Gasteiger partial charge in [0.2, 0.25) is 4.71 Å². The zero-order chi connectivity index (χ0) is 23.3. The van der Waals surface area contributed by atoms with E-state index in [2.05, 4.69) is 10.4 Å². The zero-order valence-electron chi connectivity index (χ0n) is 15.8. The Balaban J connectivity index is 1.63. The maximum absolute atomic E-state index is 13.4. The van der Waals surface area contributed by atoms with Crippen LogP contribution in [-0.2, 0) is 27.6 Å². The molecule has 32 heavy (non-hydrogen) atoms. The van der Waals surface area contributed by atoms with Gasteiger partial charge in [0.05, 0.1) is 28.7 Å². The smallest absolute Gasteiger partial charge is 0.324 e. The van der Waals surface area contributed by atoms with E-state index in [-0.39, 0.29) is 22.0 Å². The Bertz CT molecular complexity index is 1370. The number of alkyl halides is 3. The van der Waals surface area contributed by atoms with Gasteiger partial charge < -0.3 is 5.32 Å². The lowest BCUT2D eigenvalue weighted by molar-refractivity contribution is -0.138. The molecule has 7 nitrogen and oxygen atoms in total. The van der Waals surface area contributed by atoms with Gasteiger partial charge in [0, 0.05) is 10.4 Å². The third-order valence-electron chi connectivity index (χ3n) is 4.64. The minimum atomic E-state index is -4.57. The highest BCUT2D eigenvalue weighted by Gasteiger charge is 2.36. The van der Waals surface area contributed by atoms with Crippen LogP contribution in [0.3, 0.4) is 0 Å². The van der Waals surface area contributed by atoms with Crippen molar-refractivity contribution in [1.29, 1.82) is 0 Å². The summed E-state index contributed by atoms with van der Waals surface area (Å²) in [5.74, 6) is -0.643. The molecule has 1 aromatic heterocycles. The van der Waals surface area contributed by atoms with Gasteiger partial charge in [-0.15, -0.1) is 0 Å². The molecule has 1 saturated heterocycles. The number of hydrogen-bond donors (Lipinski definition) is 2. The molecule has 0 spiro atoms. The van der Waals surface area contributed by atoms with E-state index in [4.69, 9.17) is 16.2 Å². The van der Waals surface area contributed by atoms with Crippen molar-refractivity contribution < 1.29 is 30.9 Å². The van der Waals surface area contributed by atoms with Crippen LogP contribution >= 0.6 is 23.4 Å². The molecule has 0 bridgehead atoms. The summed E-state index contributed by atoms with van der Waals surface area (Å²) in [6.07, 6.45) is -1.64.